The van der Waals surface area contributed by atoms with Gasteiger partial charge in [0.05, 0.1) is 6.04 Å². The van der Waals surface area contributed by atoms with E-state index in [4.69, 9.17) is 10.3 Å². The van der Waals surface area contributed by atoms with Gasteiger partial charge in [-0.3, -0.25) is 0 Å². The maximum Gasteiger partial charge on any atom is 0.266 e. The van der Waals surface area contributed by atoms with Crippen LogP contribution in [0.4, 0.5) is 5.95 Å². The number of anilines is 1. The fraction of sp³-hybridized carbons (Fsp3) is 0.818. The highest BCUT2D eigenvalue weighted by atomic mass is 16.5. The average Bonchev–Trinajstić information content (AvgIpc) is 2.68. The van der Waals surface area contributed by atoms with Gasteiger partial charge in [-0.25, -0.2) is 0 Å². The molecule has 1 aromatic rings. The Morgan fingerprint density at radius 1 is 1.31 bits per heavy atom. The van der Waals surface area contributed by atoms with Crippen molar-refractivity contribution < 1.29 is 4.52 Å². The number of hydrogen-bond donors (Lipinski definition) is 1. The third kappa shape index (κ3) is 3.20. The molecule has 0 saturated carbocycles. The normalized spacial score (nSPS) is 13.1. The van der Waals surface area contributed by atoms with Crippen LogP contribution in [0.3, 0.4) is 0 Å². The summed E-state index contributed by atoms with van der Waals surface area (Å²) in [5, 5.41) is 3.95. The first-order valence-corrected chi connectivity index (χ1v) is 5.92. The molecule has 0 radical (unpaired) electrons. The number of hydrogen-bond acceptors (Lipinski definition) is 5. The van der Waals surface area contributed by atoms with Gasteiger partial charge >= 0.3 is 0 Å². The van der Waals surface area contributed by atoms with Crippen LogP contribution in [0.2, 0.25) is 0 Å². The van der Waals surface area contributed by atoms with Crippen molar-refractivity contribution in [2.75, 3.05) is 18.0 Å². The fourth-order valence-corrected chi connectivity index (χ4v) is 1.62. The topological polar surface area (TPSA) is 68.2 Å². The van der Waals surface area contributed by atoms with Crippen molar-refractivity contribution in [2.24, 2.45) is 11.7 Å². The first-order chi connectivity index (χ1) is 7.58. The van der Waals surface area contributed by atoms with Crippen LogP contribution >= 0.6 is 0 Å². The van der Waals surface area contributed by atoms with Crippen LogP contribution in [0.1, 0.15) is 46.0 Å². The molecule has 0 unspecified atom stereocenters. The van der Waals surface area contributed by atoms with E-state index in [-0.39, 0.29) is 6.04 Å². The van der Waals surface area contributed by atoms with Gasteiger partial charge < -0.3 is 15.2 Å². The molecule has 0 fully saturated rings. The molecule has 5 heteroatoms. The van der Waals surface area contributed by atoms with Gasteiger partial charge in [-0.1, -0.05) is 13.8 Å². The van der Waals surface area contributed by atoms with Crippen LogP contribution in [0.5, 0.6) is 0 Å². The highest BCUT2D eigenvalue weighted by Gasteiger charge is 2.17. The zero-order chi connectivity index (χ0) is 12.1. The lowest BCUT2D eigenvalue weighted by Gasteiger charge is -2.14. The van der Waals surface area contributed by atoms with Crippen molar-refractivity contribution in [3.05, 3.63) is 5.89 Å². The van der Waals surface area contributed by atoms with Gasteiger partial charge in [-0.15, -0.1) is 0 Å². The molecule has 0 aliphatic carbocycles. The van der Waals surface area contributed by atoms with E-state index in [1.165, 1.54) is 0 Å². The molecule has 1 atom stereocenters. The summed E-state index contributed by atoms with van der Waals surface area (Å²) in [6, 6.07) is -0.156. The zero-order valence-electron chi connectivity index (χ0n) is 10.6. The van der Waals surface area contributed by atoms with E-state index in [1.807, 2.05) is 4.90 Å². The summed E-state index contributed by atoms with van der Waals surface area (Å²) in [4.78, 5) is 6.37. The Kier molecular flexibility index (Phi) is 4.73. The molecular formula is C11H22N4O. The molecule has 16 heavy (non-hydrogen) atoms. The molecular weight excluding hydrogens is 204 g/mol. The van der Waals surface area contributed by atoms with E-state index in [0.717, 1.165) is 19.5 Å². The quantitative estimate of drug-likeness (QED) is 0.803. The van der Waals surface area contributed by atoms with E-state index in [2.05, 4.69) is 37.8 Å². The SMILES string of the molecule is CCN(CC)c1noc([C@H](N)CC(C)C)n1. The molecule has 0 aliphatic heterocycles. The van der Waals surface area contributed by atoms with Gasteiger partial charge in [0.1, 0.15) is 0 Å². The van der Waals surface area contributed by atoms with Crippen molar-refractivity contribution in [3.63, 3.8) is 0 Å². The van der Waals surface area contributed by atoms with Gasteiger partial charge in [0.2, 0.25) is 5.89 Å². The fourth-order valence-electron chi connectivity index (χ4n) is 1.62. The van der Waals surface area contributed by atoms with E-state index >= 15 is 0 Å². The summed E-state index contributed by atoms with van der Waals surface area (Å²) >= 11 is 0. The maximum absolute atomic E-state index is 5.98. The van der Waals surface area contributed by atoms with Crippen molar-refractivity contribution in [3.8, 4) is 0 Å². The summed E-state index contributed by atoms with van der Waals surface area (Å²) in [5.74, 6) is 1.70. The molecule has 92 valence electrons. The smallest absolute Gasteiger partial charge is 0.266 e. The van der Waals surface area contributed by atoms with Crippen LogP contribution in [-0.4, -0.2) is 23.2 Å². The summed E-state index contributed by atoms with van der Waals surface area (Å²) in [6.45, 7) is 10.1. The van der Waals surface area contributed by atoms with Crippen LogP contribution in [0.15, 0.2) is 4.52 Å². The molecule has 5 nitrogen and oxygen atoms in total. The number of nitrogens with zero attached hydrogens (tertiary/aromatic N) is 3. The van der Waals surface area contributed by atoms with Gasteiger partial charge in [0.25, 0.3) is 5.95 Å². The summed E-state index contributed by atoms with van der Waals surface area (Å²) in [6.07, 6.45) is 0.861. The first-order valence-electron chi connectivity index (χ1n) is 5.92. The molecule has 1 heterocycles. The van der Waals surface area contributed by atoms with Crippen molar-refractivity contribution in [2.45, 2.75) is 40.2 Å². The van der Waals surface area contributed by atoms with Gasteiger partial charge in [0.15, 0.2) is 0 Å². The van der Waals surface area contributed by atoms with Crippen molar-refractivity contribution in [1.82, 2.24) is 10.1 Å². The molecule has 1 aromatic heterocycles. The first kappa shape index (κ1) is 13.0. The molecule has 0 aliphatic rings. The Hall–Kier alpha value is -1.10. The molecule has 1 rings (SSSR count). The Morgan fingerprint density at radius 2 is 1.94 bits per heavy atom. The van der Waals surface area contributed by atoms with E-state index in [1.54, 1.807) is 0 Å². The second kappa shape index (κ2) is 5.84. The van der Waals surface area contributed by atoms with Crippen LogP contribution in [0.25, 0.3) is 0 Å². The highest BCUT2D eigenvalue weighted by molar-refractivity contribution is 5.26. The van der Waals surface area contributed by atoms with Gasteiger partial charge in [0, 0.05) is 13.1 Å². The molecule has 2 N–H and O–H groups in total. The van der Waals surface area contributed by atoms with E-state index < -0.39 is 0 Å². The van der Waals surface area contributed by atoms with E-state index in [9.17, 15) is 0 Å². The summed E-state index contributed by atoms with van der Waals surface area (Å²) in [5.41, 5.74) is 5.98. The lowest BCUT2D eigenvalue weighted by Crippen LogP contribution is -2.23. The minimum absolute atomic E-state index is 0.156. The highest BCUT2D eigenvalue weighted by Crippen LogP contribution is 2.19. The lowest BCUT2D eigenvalue weighted by molar-refractivity contribution is 0.335. The lowest BCUT2D eigenvalue weighted by atomic mass is 10.0. The number of aromatic nitrogens is 2. The predicted molar refractivity (Wildman–Crippen MR) is 64.2 cm³/mol. The standard InChI is InChI=1S/C11H22N4O/c1-5-15(6-2)11-13-10(16-14-11)9(12)7-8(3)4/h8-9H,5-7,12H2,1-4H3/t9-/m1/s1. The predicted octanol–water partition coefficient (Wildman–Crippen LogP) is 1.96. The van der Waals surface area contributed by atoms with E-state index in [0.29, 0.717) is 17.8 Å². The average molecular weight is 226 g/mol. The molecule has 0 bridgehead atoms. The third-order valence-corrected chi connectivity index (χ3v) is 2.52. The van der Waals surface area contributed by atoms with Crippen LogP contribution in [0, 0.1) is 5.92 Å². The summed E-state index contributed by atoms with van der Waals surface area (Å²) < 4.78 is 5.18. The molecule has 0 spiro atoms. The van der Waals surface area contributed by atoms with Gasteiger partial charge in [-0.05, 0) is 31.3 Å². The number of rotatable bonds is 6. The minimum atomic E-state index is -0.156. The maximum atomic E-state index is 5.98. The Bertz CT molecular complexity index is 307. The third-order valence-electron chi connectivity index (χ3n) is 2.52. The molecule has 0 amide bonds. The van der Waals surface area contributed by atoms with Crippen LogP contribution < -0.4 is 10.6 Å². The van der Waals surface area contributed by atoms with Crippen molar-refractivity contribution in [1.29, 1.82) is 0 Å². The minimum Gasteiger partial charge on any atom is -0.339 e. The van der Waals surface area contributed by atoms with Crippen LogP contribution in [-0.2, 0) is 0 Å². The second-order valence-corrected chi connectivity index (χ2v) is 4.34. The van der Waals surface area contributed by atoms with Crippen molar-refractivity contribution >= 4 is 5.95 Å². The Morgan fingerprint density at radius 3 is 2.44 bits per heavy atom. The largest absolute Gasteiger partial charge is 0.339 e. The Labute approximate surface area is 97.0 Å². The van der Waals surface area contributed by atoms with Gasteiger partial charge in [-0.2, -0.15) is 4.98 Å². The molecule has 0 aromatic carbocycles. The molecule has 0 saturated heterocycles. The second-order valence-electron chi connectivity index (χ2n) is 4.34. The summed E-state index contributed by atoms with van der Waals surface area (Å²) in [7, 11) is 0. The number of nitrogens with two attached hydrogens (primary N) is 1. The Balaban J connectivity index is 2.70. The monoisotopic (exact) mass is 226 g/mol. The zero-order valence-corrected chi connectivity index (χ0v) is 10.6.